The maximum absolute atomic E-state index is 11.8. The molecule has 0 bridgehead atoms. The van der Waals surface area contributed by atoms with Gasteiger partial charge in [0.2, 0.25) is 0 Å². The van der Waals surface area contributed by atoms with Gasteiger partial charge >= 0.3 is 12.1 Å². The first-order chi connectivity index (χ1) is 10.2. The lowest BCUT2D eigenvalue weighted by molar-refractivity contribution is -0.139. The molecular formula is C14H18N4O4. The molecule has 118 valence electrons. The first-order valence-electron chi connectivity index (χ1n) is 6.49. The first-order valence-corrected chi connectivity index (χ1v) is 6.49. The molecule has 0 aliphatic rings. The summed E-state index contributed by atoms with van der Waals surface area (Å²) in [6, 6.07) is 4.60. The lowest BCUT2D eigenvalue weighted by Crippen LogP contribution is -2.27. The number of nitrogens with zero attached hydrogens (tertiary/aromatic N) is 3. The highest BCUT2D eigenvalue weighted by molar-refractivity contribution is 5.86. The molecule has 0 spiro atoms. The molecule has 0 fully saturated rings. The van der Waals surface area contributed by atoms with Crippen LogP contribution in [0.15, 0.2) is 23.3 Å². The molecule has 0 atom stereocenters. The Hall–Kier alpha value is -2.73. The Balaban J connectivity index is 3.00. The minimum Gasteiger partial charge on any atom is -0.469 e. The lowest BCUT2D eigenvalue weighted by Gasteiger charge is -2.20. The third-order valence-electron chi connectivity index (χ3n) is 2.36. The van der Waals surface area contributed by atoms with E-state index in [0.29, 0.717) is 11.3 Å². The van der Waals surface area contributed by atoms with Crippen LogP contribution in [0.1, 0.15) is 26.3 Å². The predicted octanol–water partition coefficient (Wildman–Crippen LogP) is 3.69. The molecule has 1 aromatic rings. The van der Waals surface area contributed by atoms with Crippen molar-refractivity contribution < 1.29 is 19.1 Å². The normalized spacial score (nSPS) is 10.4. The van der Waals surface area contributed by atoms with Crippen molar-refractivity contribution in [3.05, 3.63) is 34.2 Å². The van der Waals surface area contributed by atoms with Crippen LogP contribution < -0.4 is 5.32 Å². The number of ether oxygens (including phenoxy) is 2. The Bertz CT molecular complexity index is 616. The summed E-state index contributed by atoms with van der Waals surface area (Å²) < 4.78 is 9.72. The number of carbonyl (C=O) groups is 2. The summed E-state index contributed by atoms with van der Waals surface area (Å²) in [5.74, 6) is -0.443. The molecular weight excluding hydrogens is 288 g/mol. The standard InChI is InChI=1S/C14H18N4O4/c1-14(2,3)22-13(20)16-10-5-9(7-12(19)21-4)6-11(8-10)17-18-15/h5-6,8H,7H2,1-4H3,(H,16,20). The molecule has 0 aromatic heterocycles. The molecule has 0 heterocycles. The summed E-state index contributed by atoms with van der Waals surface area (Å²) >= 11 is 0. The fourth-order valence-electron chi connectivity index (χ4n) is 1.62. The number of esters is 1. The molecule has 22 heavy (non-hydrogen) atoms. The topological polar surface area (TPSA) is 113 Å². The van der Waals surface area contributed by atoms with Gasteiger partial charge in [-0.05, 0) is 50.1 Å². The van der Waals surface area contributed by atoms with Crippen LogP contribution in [0.25, 0.3) is 10.4 Å². The van der Waals surface area contributed by atoms with E-state index in [1.54, 1.807) is 26.8 Å². The average molecular weight is 306 g/mol. The summed E-state index contributed by atoms with van der Waals surface area (Å²) in [7, 11) is 1.28. The predicted molar refractivity (Wildman–Crippen MR) is 80.8 cm³/mol. The number of rotatable bonds is 4. The van der Waals surface area contributed by atoms with Gasteiger partial charge in [-0.3, -0.25) is 10.1 Å². The van der Waals surface area contributed by atoms with Crippen LogP contribution in [0.4, 0.5) is 16.2 Å². The highest BCUT2D eigenvalue weighted by Gasteiger charge is 2.16. The fraction of sp³-hybridized carbons (Fsp3) is 0.429. The number of amides is 1. The zero-order chi connectivity index (χ0) is 16.8. The van der Waals surface area contributed by atoms with Gasteiger partial charge in [-0.1, -0.05) is 5.11 Å². The summed E-state index contributed by atoms with van der Waals surface area (Å²) in [5, 5.41) is 6.01. The van der Waals surface area contributed by atoms with E-state index < -0.39 is 17.7 Å². The lowest BCUT2D eigenvalue weighted by atomic mass is 10.1. The Labute approximate surface area is 128 Å². The molecule has 1 rings (SSSR count). The number of nitrogens with one attached hydrogen (secondary N) is 1. The van der Waals surface area contributed by atoms with Gasteiger partial charge in [-0.25, -0.2) is 4.79 Å². The zero-order valence-electron chi connectivity index (χ0n) is 12.9. The van der Waals surface area contributed by atoms with Crippen LogP contribution in [-0.2, 0) is 20.7 Å². The molecule has 8 heteroatoms. The Kier molecular flexibility index (Phi) is 5.77. The number of hydrogen-bond donors (Lipinski definition) is 1. The number of azide groups is 1. The van der Waals surface area contributed by atoms with Crippen molar-refractivity contribution in [3.63, 3.8) is 0 Å². The molecule has 8 nitrogen and oxygen atoms in total. The molecule has 0 saturated heterocycles. The second-order valence-corrected chi connectivity index (χ2v) is 5.46. The van der Waals surface area contributed by atoms with Crippen molar-refractivity contribution in [1.29, 1.82) is 0 Å². The van der Waals surface area contributed by atoms with E-state index in [2.05, 4.69) is 20.1 Å². The molecule has 0 radical (unpaired) electrons. The molecule has 1 amide bonds. The van der Waals surface area contributed by atoms with Crippen molar-refractivity contribution in [2.45, 2.75) is 32.8 Å². The van der Waals surface area contributed by atoms with Crippen molar-refractivity contribution in [3.8, 4) is 0 Å². The molecule has 1 aromatic carbocycles. The van der Waals surface area contributed by atoms with Crippen LogP contribution in [0.3, 0.4) is 0 Å². The summed E-state index contributed by atoms with van der Waals surface area (Å²) in [5.41, 5.74) is 9.06. The van der Waals surface area contributed by atoms with Gasteiger partial charge in [-0.15, -0.1) is 0 Å². The molecule has 0 saturated carbocycles. The van der Waals surface area contributed by atoms with Gasteiger partial charge in [-0.2, -0.15) is 0 Å². The minimum atomic E-state index is -0.644. The van der Waals surface area contributed by atoms with E-state index in [9.17, 15) is 9.59 Å². The summed E-state index contributed by atoms with van der Waals surface area (Å²) in [6.07, 6.45) is -0.650. The van der Waals surface area contributed by atoms with Gasteiger partial charge in [0.1, 0.15) is 5.60 Å². The highest BCUT2D eigenvalue weighted by atomic mass is 16.6. The minimum absolute atomic E-state index is 0.00567. The van der Waals surface area contributed by atoms with Crippen LogP contribution >= 0.6 is 0 Å². The van der Waals surface area contributed by atoms with Gasteiger partial charge in [0.25, 0.3) is 0 Å². The molecule has 0 aliphatic heterocycles. The Morgan fingerprint density at radius 2 is 2.00 bits per heavy atom. The quantitative estimate of drug-likeness (QED) is 0.395. The van der Waals surface area contributed by atoms with Gasteiger partial charge < -0.3 is 9.47 Å². The third kappa shape index (κ3) is 6.15. The maximum Gasteiger partial charge on any atom is 0.412 e. The van der Waals surface area contributed by atoms with E-state index in [-0.39, 0.29) is 12.1 Å². The van der Waals surface area contributed by atoms with E-state index in [0.717, 1.165) is 0 Å². The monoisotopic (exact) mass is 306 g/mol. The molecule has 1 N–H and O–H groups in total. The van der Waals surface area contributed by atoms with Gasteiger partial charge in [0.05, 0.1) is 13.5 Å². The number of benzene rings is 1. The van der Waals surface area contributed by atoms with Crippen molar-refractivity contribution >= 4 is 23.4 Å². The zero-order valence-corrected chi connectivity index (χ0v) is 12.9. The maximum atomic E-state index is 11.8. The van der Waals surface area contributed by atoms with E-state index in [1.807, 2.05) is 0 Å². The van der Waals surface area contributed by atoms with Crippen LogP contribution in [0, 0.1) is 0 Å². The summed E-state index contributed by atoms with van der Waals surface area (Å²) in [4.78, 5) is 25.8. The Morgan fingerprint density at radius 3 is 2.55 bits per heavy atom. The average Bonchev–Trinajstić information content (AvgIpc) is 2.36. The fourth-order valence-corrected chi connectivity index (χ4v) is 1.62. The van der Waals surface area contributed by atoms with Gasteiger partial charge in [0.15, 0.2) is 0 Å². The number of anilines is 1. The van der Waals surface area contributed by atoms with Crippen LogP contribution in [-0.4, -0.2) is 24.8 Å². The summed E-state index contributed by atoms with van der Waals surface area (Å²) in [6.45, 7) is 5.23. The van der Waals surface area contributed by atoms with Crippen LogP contribution in [0.5, 0.6) is 0 Å². The van der Waals surface area contributed by atoms with Gasteiger partial charge in [0, 0.05) is 16.3 Å². The highest BCUT2D eigenvalue weighted by Crippen LogP contribution is 2.23. The third-order valence-corrected chi connectivity index (χ3v) is 2.36. The Morgan fingerprint density at radius 1 is 1.32 bits per heavy atom. The first kappa shape index (κ1) is 17.3. The SMILES string of the molecule is COC(=O)Cc1cc(N=[N+]=[N-])cc(NC(=O)OC(C)(C)C)c1. The largest absolute Gasteiger partial charge is 0.469 e. The second kappa shape index (κ2) is 7.33. The number of carbonyl (C=O) groups excluding carboxylic acids is 2. The number of methoxy groups -OCH3 is 1. The van der Waals surface area contributed by atoms with Crippen molar-refractivity contribution in [1.82, 2.24) is 0 Å². The van der Waals surface area contributed by atoms with E-state index in [1.165, 1.54) is 19.2 Å². The number of hydrogen-bond acceptors (Lipinski definition) is 5. The van der Waals surface area contributed by atoms with Crippen molar-refractivity contribution in [2.75, 3.05) is 12.4 Å². The molecule has 0 unspecified atom stereocenters. The van der Waals surface area contributed by atoms with E-state index in [4.69, 9.17) is 10.3 Å². The van der Waals surface area contributed by atoms with E-state index >= 15 is 0 Å². The van der Waals surface area contributed by atoms with Crippen LogP contribution in [0.2, 0.25) is 0 Å². The second-order valence-electron chi connectivity index (χ2n) is 5.46. The smallest absolute Gasteiger partial charge is 0.412 e. The molecule has 0 aliphatic carbocycles. The van der Waals surface area contributed by atoms with Crippen molar-refractivity contribution in [2.24, 2.45) is 5.11 Å².